The number of hydrogen-bond acceptors (Lipinski definition) is 6. The molecule has 1 saturated heterocycles. The van der Waals surface area contributed by atoms with Crippen molar-refractivity contribution in [2.75, 3.05) is 5.32 Å². The van der Waals surface area contributed by atoms with Gasteiger partial charge in [-0.15, -0.1) is 11.3 Å². The van der Waals surface area contributed by atoms with E-state index in [0.29, 0.717) is 21.8 Å². The largest absolute Gasteiger partial charge is 0.322 e. The highest BCUT2D eigenvalue weighted by Gasteiger charge is 2.43. The number of imide groups is 1. The molecule has 4 rings (SSSR count). The minimum atomic E-state index is -1.18. The van der Waals surface area contributed by atoms with Gasteiger partial charge in [-0.1, -0.05) is 12.1 Å². The zero-order valence-corrected chi connectivity index (χ0v) is 16.7. The van der Waals surface area contributed by atoms with Gasteiger partial charge >= 0.3 is 6.03 Å². The Morgan fingerprint density at radius 3 is 2.75 bits per heavy atom. The van der Waals surface area contributed by atoms with Crippen LogP contribution in [0.4, 0.5) is 10.5 Å². The molecule has 0 radical (unpaired) electrons. The number of urea groups is 1. The van der Waals surface area contributed by atoms with E-state index in [-0.39, 0.29) is 5.91 Å². The number of carbonyl (C=O) groups excluding carboxylic acids is 3. The molecule has 142 valence electrons. The summed E-state index contributed by atoms with van der Waals surface area (Å²) in [5.41, 5.74) is 1.59. The lowest BCUT2D eigenvalue weighted by Gasteiger charge is -2.21. The molecule has 0 spiro atoms. The van der Waals surface area contributed by atoms with Crippen molar-refractivity contribution in [3.63, 3.8) is 0 Å². The van der Waals surface area contributed by atoms with Crippen LogP contribution >= 0.6 is 22.7 Å². The van der Waals surface area contributed by atoms with E-state index >= 15 is 0 Å². The van der Waals surface area contributed by atoms with Gasteiger partial charge in [-0.25, -0.2) is 9.78 Å². The molecule has 7 nitrogen and oxygen atoms in total. The average molecular weight is 412 g/mol. The van der Waals surface area contributed by atoms with Crippen LogP contribution in [0.15, 0.2) is 41.1 Å². The summed E-state index contributed by atoms with van der Waals surface area (Å²) in [6.45, 7) is 3.42. The number of thiophene rings is 1. The van der Waals surface area contributed by atoms with Crippen molar-refractivity contribution in [2.45, 2.75) is 19.4 Å². The van der Waals surface area contributed by atoms with E-state index in [1.54, 1.807) is 49.4 Å². The van der Waals surface area contributed by atoms with E-state index in [9.17, 15) is 14.4 Å². The van der Waals surface area contributed by atoms with Crippen LogP contribution in [-0.4, -0.2) is 22.8 Å². The highest BCUT2D eigenvalue weighted by molar-refractivity contribution is 7.17. The second-order valence-electron chi connectivity index (χ2n) is 6.51. The fraction of sp³-hybridized carbons (Fsp3) is 0.158. The highest BCUT2D eigenvalue weighted by atomic mass is 32.1. The summed E-state index contributed by atoms with van der Waals surface area (Å²) >= 11 is 2.91. The molecule has 28 heavy (non-hydrogen) atoms. The van der Waals surface area contributed by atoms with Crippen LogP contribution in [-0.2, 0) is 10.3 Å². The Balaban J connectivity index is 1.58. The van der Waals surface area contributed by atoms with Crippen LogP contribution in [0.1, 0.15) is 27.9 Å². The van der Waals surface area contributed by atoms with Crippen LogP contribution < -0.4 is 16.0 Å². The lowest BCUT2D eigenvalue weighted by atomic mass is 9.92. The zero-order chi connectivity index (χ0) is 19.9. The number of rotatable bonds is 4. The van der Waals surface area contributed by atoms with Gasteiger partial charge in [0.15, 0.2) is 0 Å². The van der Waals surface area contributed by atoms with Crippen LogP contribution in [0.5, 0.6) is 0 Å². The topological polar surface area (TPSA) is 100 Å². The summed E-state index contributed by atoms with van der Waals surface area (Å²) in [5, 5.41) is 12.5. The van der Waals surface area contributed by atoms with E-state index in [2.05, 4.69) is 20.9 Å². The number of aryl methyl sites for hydroxylation is 1. The lowest BCUT2D eigenvalue weighted by molar-refractivity contribution is -0.123. The first-order valence-electron chi connectivity index (χ1n) is 8.42. The van der Waals surface area contributed by atoms with E-state index in [1.807, 2.05) is 16.8 Å². The second-order valence-corrected chi connectivity index (χ2v) is 8.29. The van der Waals surface area contributed by atoms with Gasteiger partial charge in [-0.3, -0.25) is 14.9 Å². The van der Waals surface area contributed by atoms with Crippen molar-refractivity contribution in [2.24, 2.45) is 0 Å². The number of benzene rings is 1. The van der Waals surface area contributed by atoms with E-state index in [4.69, 9.17) is 0 Å². The molecule has 1 aromatic carbocycles. The molecular weight excluding hydrogens is 396 g/mol. The summed E-state index contributed by atoms with van der Waals surface area (Å²) in [6.07, 6.45) is 0. The standard InChI is InChI=1S/C19H16N4O3S2/c1-10-14(28-16(20-10)11-6-7-27-9-11)15(24)21-13-5-3-4-12(8-13)19(2)17(25)22-18(26)23-19/h3-9H,1-2H3,(H,21,24)(H2,22,23,25,26)/t19-/m0/s1. The van der Waals surface area contributed by atoms with E-state index < -0.39 is 17.5 Å². The molecule has 3 heterocycles. The molecule has 0 saturated carbocycles. The van der Waals surface area contributed by atoms with Gasteiger partial charge in [0.2, 0.25) is 0 Å². The predicted octanol–water partition coefficient (Wildman–Crippen LogP) is 3.49. The Morgan fingerprint density at radius 2 is 2.07 bits per heavy atom. The first kappa shape index (κ1) is 18.3. The van der Waals surface area contributed by atoms with Crippen LogP contribution in [0.3, 0.4) is 0 Å². The van der Waals surface area contributed by atoms with Crippen molar-refractivity contribution in [1.82, 2.24) is 15.6 Å². The minimum absolute atomic E-state index is 0.265. The molecule has 1 fully saturated rings. The van der Waals surface area contributed by atoms with Gasteiger partial charge in [0.05, 0.1) is 5.69 Å². The van der Waals surface area contributed by atoms with E-state index in [1.165, 1.54) is 11.3 Å². The third-order valence-corrected chi connectivity index (χ3v) is 6.40. The molecule has 1 aliphatic heterocycles. The molecule has 4 amide bonds. The molecule has 9 heteroatoms. The number of hydrogen-bond donors (Lipinski definition) is 3. The molecule has 0 unspecified atom stereocenters. The minimum Gasteiger partial charge on any atom is -0.321 e. The Morgan fingerprint density at radius 1 is 1.25 bits per heavy atom. The summed E-state index contributed by atoms with van der Waals surface area (Å²) in [6, 6.07) is 8.30. The smallest absolute Gasteiger partial charge is 0.321 e. The van der Waals surface area contributed by atoms with Crippen molar-refractivity contribution in [3.8, 4) is 10.6 Å². The van der Waals surface area contributed by atoms with Crippen LogP contribution in [0.2, 0.25) is 0 Å². The lowest BCUT2D eigenvalue weighted by Crippen LogP contribution is -2.40. The predicted molar refractivity (Wildman–Crippen MR) is 109 cm³/mol. The molecule has 0 bridgehead atoms. The monoisotopic (exact) mass is 412 g/mol. The Labute approximate surface area is 168 Å². The number of thiazole rings is 1. The number of anilines is 1. The van der Waals surface area contributed by atoms with Gasteiger partial charge in [-0.2, -0.15) is 11.3 Å². The van der Waals surface area contributed by atoms with Gasteiger partial charge < -0.3 is 10.6 Å². The fourth-order valence-electron chi connectivity index (χ4n) is 2.96. The Bertz CT molecular complexity index is 1090. The zero-order valence-electron chi connectivity index (χ0n) is 15.0. The normalized spacial score (nSPS) is 18.6. The molecule has 2 aromatic heterocycles. The third-order valence-electron chi connectivity index (χ3n) is 4.51. The molecule has 3 aromatic rings. The second kappa shape index (κ2) is 6.84. The van der Waals surface area contributed by atoms with Crippen molar-refractivity contribution < 1.29 is 14.4 Å². The maximum Gasteiger partial charge on any atom is 0.322 e. The molecule has 0 aliphatic carbocycles. The summed E-state index contributed by atoms with van der Waals surface area (Å²) in [4.78, 5) is 41.4. The van der Waals surface area contributed by atoms with Crippen LogP contribution in [0, 0.1) is 6.92 Å². The summed E-state index contributed by atoms with van der Waals surface area (Å²) in [7, 11) is 0. The van der Waals surface area contributed by atoms with Gasteiger partial charge in [0.1, 0.15) is 15.4 Å². The molecule has 3 N–H and O–H groups in total. The first-order valence-corrected chi connectivity index (χ1v) is 10.2. The van der Waals surface area contributed by atoms with Gasteiger partial charge in [0, 0.05) is 16.6 Å². The van der Waals surface area contributed by atoms with Gasteiger partial charge in [0.25, 0.3) is 11.8 Å². The number of aromatic nitrogens is 1. The molecule has 1 atom stereocenters. The Kier molecular flexibility index (Phi) is 4.48. The molecular formula is C19H16N4O3S2. The van der Waals surface area contributed by atoms with Gasteiger partial charge in [-0.05, 0) is 43.0 Å². The van der Waals surface area contributed by atoms with E-state index in [0.717, 1.165) is 10.6 Å². The van der Waals surface area contributed by atoms with Crippen molar-refractivity contribution in [1.29, 1.82) is 0 Å². The maximum atomic E-state index is 12.8. The Hall–Kier alpha value is -3.04. The number of carbonyl (C=O) groups is 3. The maximum absolute atomic E-state index is 12.8. The number of amides is 4. The van der Waals surface area contributed by atoms with Crippen molar-refractivity contribution in [3.05, 3.63) is 57.2 Å². The number of nitrogens with one attached hydrogen (secondary N) is 3. The third kappa shape index (κ3) is 3.19. The van der Waals surface area contributed by atoms with Crippen molar-refractivity contribution >= 4 is 46.2 Å². The SMILES string of the molecule is Cc1nc(-c2ccsc2)sc1C(=O)Nc1cccc([C@]2(C)NC(=O)NC2=O)c1. The number of nitrogens with zero attached hydrogens (tertiary/aromatic N) is 1. The van der Waals surface area contributed by atoms with Crippen LogP contribution in [0.25, 0.3) is 10.6 Å². The first-order chi connectivity index (χ1) is 13.4. The molecule has 1 aliphatic rings. The highest BCUT2D eigenvalue weighted by Crippen LogP contribution is 2.31. The fourth-order valence-corrected chi connectivity index (χ4v) is 4.63. The summed E-state index contributed by atoms with van der Waals surface area (Å²) < 4.78 is 0. The quantitative estimate of drug-likeness (QED) is 0.571. The summed E-state index contributed by atoms with van der Waals surface area (Å²) in [5.74, 6) is -0.696. The average Bonchev–Trinajstić information content (AvgIpc) is 3.36.